The number of likely N-dealkylation sites (tertiary alicyclic amines) is 1. The molecule has 1 spiro atoms. The van der Waals surface area contributed by atoms with Crippen LogP contribution >= 0.6 is 0 Å². The number of carbonyl (C=O) groups excluding carboxylic acids is 2. The minimum Gasteiger partial charge on any atom is -0.350 e. The summed E-state index contributed by atoms with van der Waals surface area (Å²) in [4.78, 5) is 35.7. The fourth-order valence-electron chi connectivity index (χ4n) is 6.12. The molecule has 1 saturated carbocycles. The number of H-pyrrole nitrogens is 1. The van der Waals surface area contributed by atoms with Crippen LogP contribution in [-0.2, 0) is 16.6 Å². The second-order valence-corrected chi connectivity index (χ2v) is 11.3. The molecule has 7 nitrogen and oxygen atoms in total. The van der Waals surface area contributed by atoms with E-state index in [4.69, 9.17) is 4.98 Å². The van der Waals surface area contributed by atoms with Gasteiger partial charge >= 0.3 is 0 Å². The van der Waals surface area contributed by atoms with E-state index >= 15 is 0 Å². The van der Waals surface area contributed by atoms with E-state index in [1.165, 1.54) is 10.9 Å². The number of amides is 1. The highest BCUT2D eigenvalue weighted by molar-refractivity contribution is 5.95. The summed E-state index contributed by atoms with van der Waals surface area (Å²) >= 11 is 0. The fourth-order valence-corrected chi connectivity index (χ4v) is 6.12. The lowest BCUT2D eigenvalue weighted by Gasteiger charge is -2.30. The number of hydrogen-bond acceptors (Lipinski definition) is 4. The molecule has 1 amide bonds. The van der Waals surface area contributed by atoms with Crippen LogP contribution in [0.4, 0.5) is 0 Å². The monoisotopic (exact) mass is 503 g/mol. The van der Waals surface area contributed by atoms with Crippen molar-refractivity contribution in [2.45, 2.75) is 70.8 Å². The molecular weight excluding hydrogens is 462 g/mol. The maximum absolute atomic E-state index is 13.4. The molecule has 2 aromatic heterocycles. The van der Waals surface area contributed by atoms with E-state index in [9.17, 15) is 9.59 Å². The molecule has 3 aromatic rings. The smallest absolute Gasteiger partial charge is 0.224 e. The average Bonchev–Trinajstić information content (AvgIpc) is 3.21. The van der Waals surface area contributed by atoms with Gasteiger partial charge in [-0.1, -0.05) is 38.0 Å². The molecule has 5 rings (SSSR count). The largest absolute Gasteiger partial charge is 0.350 e. The van der Waals surface area contributed by atoms with Gasteiger partial charge in [0, 0.05) is 48.5 Å². The van der Waals surface area contributed by atoms with Gasteiger partial charge in [0.15, 0.2) is 0 Å². The van der Waals surface area contributed by atoms with Crippen LogP contribution in [0.2, 0.25) is 0 Å². The summed E-state index contributed by atoms with van der Waals surface area (Å²) in [5, 5.41) is 4.56. The summed E-state index contributed by atoms with van der Waals surface area (Å²) in [7, 11) is 4.22. The minimum absolute atomic E-state index is 0.123. The third kappa shape index (κ3) is 5.52. The Balaban J connectivity index is 1.30. The zero-order valence-electron chi connectivity index (χ0n) is 22.6. The molecule has 0 radical (unpaired) electrons. The minimum atomic E-state index is -0.151. The van der Waals surface area contributed by atoms with E-state index in [1.54, 1.807) is 0 Å². The van der Waals surface area contributed by atoms with Gasteiger partial charge in [0.25, 0.3) is 0 Å². The molecule has 0 unspecified atom stereocenters. The molecule has 1 aliphatic heterocycles. The number of hydrogen-bond donors (Lipinski definition) is 2. The molecule has 1 aliphatic carbocycles. The number of ketones is 1. The number of benzene rings is 1. The number of para-hydroxylation sites is 1. The zero-order valence-corrected chi connectivity index (χ0v) is 22.6. The predicted molar refractivity (Wildman–Crippen MR) is 147 cm³/mol. The van der Waals surface area contributed by atoms with Gasteiger partial charge in [-0.15, -0.1) is 0 Å². The number of unbranched alkanes of at least 4 members (excludes halogenated alkanes) is 2. The highest BCUT2D eigenvalue weighted by atomic mass is 16.2. The number of nitrogens with zero attached hydrogens (tertiary/aromatic N) is 3. The molecule has 37 heavy (non-hydrogen) atoms. The Labute approximate surface area is 220 Å². The van der Waals surface area contributed by atoms with Gasteiger partial charge in [0.05, 0.1) is 17.9 Å². The van der Waals surface area contributed by atoms with Crippen LogP contribution in [0.3, 0.4) is 0 Å². The van der Waals surface area contributed by atoms with E-state index in [2.05, 4.69) is 64.3 Å². The number of aromatic amines is 1. The summed E-state index contributed by atoms with van der Waals surface area (Å²) in [6, 6.07) is 8.22. The molecule has 1 aromatic carbocycles. The summed E-state index contributed by atoms with van der Waals surface area (Å²) in [6.07, 6.45) is 12.2. The van der Waals surface area contributed by atoms with Crippen LogP contribution in [0.15, 0.2) is 36.7 Å². The van der Waals surface area contributed by atoms with Crippen molar-refractivity contribution in [2.75, 3.05) is 20.1 Å². The van der Waals surface area contributed by atoms with E-state index in [-0.39, 0.29) is 23.3 Å². The molecular formula is C30H41N5O2. The first-order valence-electron chi connectivity index (χ1n) is 14.0. The Bertz CT molecular complexity index is 1250. The van der Waals surface area contributed by atoms with Crippen molar-refractivity contribution in [1.82, 2.24) is 24.8 Å². The summed E-state index contributed by atoms with van der Waals surface area (Å²) in [5.74, 6) is 1.45. The van der Waals surface area contributed by atoms with Gasteiger partial charge in [-0.25, -0.2) is 4.98 Å². The lowest BCUT2D eigenvalue weighted by atomic mass is 9.91. The molecule has 2 atom stereocenters. The number of aromatic nitrogens is 3. The molecule has 7 heteroatoms. The van der Waals surface area contributed by atoms with Crippen molar-refractivity contribution in [1.29, 1.82) is 0 Å². The first kappa shape index (κ1) is 25.7. The number of Topliss-reactive ketones (excluding diaryl/α,β-unsaturated/α-hetero) is 1. The van der Waals surface area contributed by atoms with E-state index in [1.807, 2.05) is 13.1 Å². The Kier molecular flexibility index (Phi) is 7.52. The number of fused-ring (bicyclic) bond motifs is 1. The Morgan fingerprint density at radius 1 is 1.16 bits per heavy atom. The van der Waals surface area contributed by atoms with E-state index < -0.39 is 0 Å². The Hall–Kier alpha value is -2.93. The van der Waals surface area contributed by atoms with Gasteiger partial charge in [0.1, 0.15) is 11.6 Å². The Morgan fingerprint density at radius 3 is 2.73 bits per heavy atom. The van der Waals surface area contributed by atoms with Crippen LogP contribution in [0, 0.1) is 11.3 Å². The van der Waals surface area contributed by atoms with Crippen molar-refractivity contribution in [3.05, 3.63) is 42.5 Å². The number of rotatable bonds is 11. The SMILES string of the molecule is CCC(=O)CCCCC[C@H](NC(=O)[C@H]1CC12CCN(C)CC2)c1ncc(-c2cn(C)c3ccccc23)[nH]1. The van der Waals surface area contributed by atoms with Crippen LogP contribution in [0.25, 0.3) is 22.2 Å². The summed E-state index contributed by atoms with van der Waals surface area (Å²) in [6.45, 7) is 4.08. The Morgan fingerprint density at radius 2 is 1.95 bits per heavy atom. The van der Waals surface area contributed by atoms with Gasteiger partial charge in [-0.05, 0) is 63.7 Å². The van der Waals surface area contributed by atoms with Gasteiger partial charge in [0.2, 0.25) is 5.91 Å². The van der Waals surface area contributed by atoms with E-state index in [0.717, 1.165) is 75.1 Å². The second kappa shape index (κ2) is 10.8. The van der Waals surface area contributed by atoms with Crippen molar-refractivity contribution in [3.8, 4) is 11.3 Å². The van der Waals surface area contributed by atoms with Crippen molar-refractivity contribution < 1.29 is 9.59 Å². The van der Waals surface area contributed by atoms with Crippen LogP contribution in [-0.4, -0.2) is 51.3 Å². The first-order valence-corrected chi connectivity index (χ1v) is 14.0. The normalized spacial score (nSPS) is 19.8. The summed E-state index contributed by atoms with van der Waals surface area (Å²) in [5.41, 5.74) is 3.47. The zero-order chi connectivity index (χ0) is 26.0. The molecule has 198 valence electrons. The molecule has 2 aliphatic rings. The fraction of sp³-hybridized carbons (Fsp3) is 0.567. The highest BCUT2D eigenvalue weighted by Crippen LogP contribution is 2.59. The van der Waals surface area contributed by atoms with Crippen molar-refractivity contribution in [3.63, 3.8) is 0 Å². The predicted octanol–water partition coefficient (Wildman–Crippen LogP) is 5.39. The first-order chi connectivity index (χ1) is 17.9. The van der Waals surface area contributed by atoms with E-state index in [0.29, 0.717) is 18.6 Å². The number of imidazole rings is 1. The van der Waals surface area contributed by atoms with Gasteiger partial charge in [-0.3, -0.25) is 9.59 Å². The van der Waals surface area contributed by atoms with Crippen molar-refractivity contribution >= 4 is 22.6 Å². The quantitative estimate of drug-likeness (QED) is 0.344. The number of nitrogens with one attached hydrogen (secondary N) is 2. The molecule has 2 N–H and O–H groups in total. The molecule has 1 saturated heterocycles. The standard InChI is InChI=1S/C30H41N5O2/c1-4-21(36)10-6-5-7-12-25(33-29(37)24-18-30(24)14-16-34(2)17-15-30)28-31-19-26(32-28)23-20-35(3)27-13-9-8-11-22(23)27/h8-9,11,13,19-20,24-25H,4-7,10,12,14-18H2,1-3H3,(H,31,32)(H,33,37)/t24-,25+/m1/s1. The van der Waals surface area contributed by atoms with Gasteiger partial charge in [-0.2, -0.15) is 0 Å². The van der Waals surface area contributed by atoms with Crippen molar-refractivity contribution in [2.24, 2.45) is 18.4 Å². The number of piperidine rings is 1. The maximum atomic E-state index is 13.4. The molecule has 3 heterocycles. The van der Waals surface area contributed by atoms with Crippen LogP contribution < -0.4 is 5.32 Å². The second-order valence-electron chi connectivity index (χ2n) is 11.3. The topological polar surface area (TPSA) is 83.0 Å². The highest BCUT2D eigenvalue weighted by Gasteiger charge is 2.58. The lowest BCUT2D eigenvalue weighted by molar-refractivity contribution is -0.124. The average molecular weight is 504 g/mol. The van der Waals surface area contributed by atoms with Crippen LogP contribution in [0.1, 0.15) is 76.6 Å². The number of aryl methyl sites for hydroxylation is 1. The summed E-state index contributed by atoms with van der Waals surface area (Å²) < 4.78 is 2.14. The number of carbonyl (C=O) groups is 2. The van der Waals surface area contributed by atoms with Crippen LogP contribution in [0.5, 0.6) is 0 Å². The third-order valence-corrected chi connectivity index (χ3v) is 8.76. The maximum Gasteiger partial charge on any atom is 0.224 e. The molecule has 2 fully saturated rings. The lowest BCUT2D eigenvalue weighted by Crippen LogP contribution is -2.36. The molecule has 0 bridgehead atoms. The van der Waals surface area contributed by atoms with Gasteiger partial charge < -0.3 is 19.8 Å². The third-order valence-electron chi connectivity index (χ3n) is 8.76.